The van der Waals surface area contributed by atoms with Gasteiger partial charge in [-0.1, -0.05) is 63.2 Å². The maximum absolute atomic E-state index is 14.1. The molecule has 65 heavy (non-hydrogen) atoms. The number of hydrogen-bond acceptors (Lipinski definition) is 13. The number of para-hydroxylation sites is 1. The van der Waals surface area contributed by atoms with Gasteiger partial charge in [0.05, 0.1) is 46.2 Å². The molecule has 1 fully saturated rings. The molecule has 1 aliphatic heterocycles. The third-order valence-electron chi connectivity index (χ3n) is 11.7. The summed E-state index contributed by atoms with van der Waals surface area (Å²) in [5, 5.41) is 39.7. The first-order chi connectivity index (χ1) is 31.1. The summed E-state index contributed by atoms with van der Waals surface area (Å²) in [6.07, 6.45) is 5.86. The number of nitrogens with one attached hydrogen (secondary N) is 2. The molecule has 17 heteroatoms. The fourth-order valence-electron chi connectivity index (χ4n) is 7.87. The van der Waals surface area contributed by atoms with Crippen LogP contribution >= 0.6 is 11.3 Å². The van der Waals surface area contributed by atoms with Gasteiger partial charge in [0.25, 0.3) is 0 Å². The summed E-state index contributed by atoms with van der Waals surface area (Å²) in [5.74, 6) is -0.920. The lowest BCUT2D eigenvalue weighted by atomic mass is 9.85. The van der Waals surface area contributed by atoms with Crippen LogP contribution in [0.25, 0.3) is 32.8 Å². The molecule has 1 aliphatic rings. The predicted molar refractivity (Wildman–Crippen MR) is 248 cm³/mol. The van der Waals surface area contributed by atoms with Crippen molar-refractivity contribution in [3.8, 4) is 38.6 Å². The highest BCUT2D eigenvalue weighted by molar-refractivity contribution is 7.13. The van der Waals surface area contributed by atoms with Crippen LogP contribution in [0.1, 0.15) is 82.1 Å². The number of thiazole rings is 1. The summed E-state index contributed by atoms with van der Waals surface area (Å²) in [7, 11) is 0. The average molecular weight is 901 g/mol. The number of pyridine rings is 1. The highest BCUT2D eigenvalue weighted by Crippen LogP contribution is 2.33. The molecule has 0 spiro atoms. The highest BCUT2D eigenvalue weighted by Gasteiger charge is 2.44. The van der Waals surface area contributed by atoms with Crippen molar-refractivity contribution in [1.82, 2.24) is 45.5 Å². The molecule has 2 aromatic carbocycles. The van der Waals surface area contributed by atoms with Gasteiger partial charge < -0.3 is 36.2 Å². The molecule has 6 N–H and O–H groups in total. The van der Waals surface area contributed by atoms with Crippen LogP contribution in [0.4, 0.5) is 5.82 Å². The van der Waals surface area contributed by atoms with E-state index in [9.17, 15) is 24.6 Å². The van der Waals surface area contributed by atoms with Gasteiger partial charge >= 0.3 is 0 Å². The molecule has 4 aromatic heterocycles. The Morgan fingerprint density at radius 2 is 1.71 bits per heavy atom. The van der Waals surface area contributed by atoms with Gasteiger partial charge in [-0.3, -0.25) is 24.0 Å². The molecule has 340 valence electrons. The second-order valence-corrected chi connectivity index (χ2v) is 18.4. The van der Waals surface area contributed by atoms with Crippen molar-refractivity contribution in [3.63, 3.8) is 0 Å². The number of aryl methyl sites for hydroxylation is 2. The largest absolute Gasteiger partial charge is 0.507 e. The zero-order valence-corrected chi connectivity index (χ0v) is 38.2. The van der Waals surface area contributed by atoms with Crippen molar-refractivity contribution in [3.05, 3.63) is 113 Å². The minimum absolute atomic E-state index is 0.0192. The number of hydrogen-bond donors (Lipinski definition) is 5. The number of anilines is 1. The Morgan fingerprint density at radius 1 is 0.954 bits per heavy atom. The van der Waals surface area contributed by atoms with E-state index in [-0.39, 0.29) is 49.1 Å². The third kappa shape index (κ3) is 11.0. The van der Waals surface area contributed by atoms with Crippen LogP contribution in [0.5, 0.6) is 5.75 Å². The number of nitrogen functional groups attached to an aromatic ring is 1. The number of benzene rings is 2. The number of rotatable bonds is 16. The number of aromatic hydroxyl groups is 1. The van der Waals surface area contributed by atoms with Crippen molar-refractivity contribution < 1.29 is 29.3 Å². The van der Waals surface area contributed by atoms with Gasteiger partial charge in [0, 0.05) is 54.4 Å². The van der Waals surface area contributed by atoms with E-state index >= 15 is 0 Å². The van der Waals surface area contributed by atoms with Crippen LogP contribution in [-0.2, 0) is 25.5 Å². The van der Waals surface area contributed by atoms with E-state index in [1.807, 2.05) is 107 Å². The molecule has 0 saturated carbocycles. The Kier molecular flexibility index (Phi) is 14.3. The molecule has 0 aliphatic carbocycles. The molecule has 5 atom stereocenters. The lowest BCUT2D eigenvalue weighted by molar-refractivity contribution is -0.144. The van der Waals surface area contributed by atoms with E-state index in [2.05, 4.69) is 35.9 Å². The van der Waals surface area contributed by atoms with Gasteiger partial charge in [0.15, 0.2) is 5.82 Å². The standard InChI is InChI=1S/C48H56N10O6S/c1-28(31-13-15-32(16-14-31)43-29(2)51-27-65-43)53-46(62)40-20-36(59)25-57(40)47(63)44(48(4,5)6)54-42(61)26-64-19-9-10-35-18-17-33(22-50-35)30(3)58-24-34(23-52-58)38-21-39(55-56-45(38)49)37-11-7-8-12-41(37)60/h7-8,11-18,21-24,27-28,30,36,40,44,59-60H,9-10,19-20,25-26H2,1-6H3,(H2,49,56)(H,53,62)(H,54,61)/t28-,30?,36+,40-,44+/m0/s1. The zero-order chi connectivity index (χ0) is 46.4. The van der Waals surface area contributed by atoms with Crippen LogP contribution in [0.2, 0.25) is 0 Å². The first-order valence-corrected chi connectivity index (χ1v) is 22.5. The minimum Gasteiger partial charge on any atom is -0.507 e. The number of carbonyl (C=O) groups is 3. The average Bonchev–Trinajstić information content (AvgIpc) is 4.05. The van der Waals surface area contributed by atoms with Gasteiger partial charge in [-0.05, 0) is 80.0 Å². The van der Waals surface area contributed by atoms with Crippen LogP contribution in [-0.4, -0.2) is 101 Å². The number of nitrogens with two attached hydrogens (primary N) is 1. The van der Waals surface area contributed by atoms with Crippen LogP contribution in [0.3, 0.4) is 0 Å². The number of phenolic OH excluding ortho intramolecular Hbond substituents is 1. The number of nitrogens with zero attached hydrogens (tertiary/aromatic N) is 7. The topological polar surface area (TPSA) is 224 Å². The third-order valence-corrected chi connectivity index (χ3v) is 12.6. The first kappa shape index (κ1) is 46.4. The Balaban J connectivity index is 0.874. The highest BCUT2D eigenvalue weighted by atomic mass is 32.1. The number of ether oxygens (including phenoxy) is 1. The Bertz CT molecular complexity index is 2610. The lowest BCUT2D eigenvalue weighted by Crippen LogP contribution is -2.58. The summed E-state index contributed by atoms with van der Waals surface area (Å²) < 4.78 is 7.54. The smallest absolute Gasteiger partial charge is 0.246 e. The SMILES string of the molecule is Cc1ncsc1-c1ccc([C@H](C)NC(=O)[C@@H]2C[C@@H](O)CN2C(=O)[C@@H](NC(=O)COCCCc2ccc(C(C)n3cc(-c4cc(-c5ccccc5O)nnc4N)cn3)cn2)C(C)(C)C)cc1. The molecular weight excluding hydrogens is 845 g/mol. The zero-order valence-electron chi connectivity index (χ0n) is 37.4. The van der Waals surface area contributed by atoms with Crippen molar-refractivity contribution >= 4 is 34.9 Å². The number of phenols is 1. The van der Waals surface area contributed by atoms with Gasteiger partial charge in [-0.15, -0.1) is 21.5 Å². The number of β-amino-alcohol motifs (C(OH)–C–C–N with tert-alkyl or cyclic N) is 1. The van der Waals surface area contributed by atoms with Gasteiger partial charge in [-0.25, -0.2) is 4.98 Å². The molecule has 6 aromatic rings. The molecule has 0 bridgehead atoms. The number of aliphatic hydroxyl groups excluding tert-OH is 1. The monoisotopic (exact) mass is 900 g/mol. The quantitative estimate of drug-likeness (QED) is 0.0701. The summed E-state index contributed by atoms with van der Waals surface area (Å²) in [5.41, 5.74) is 14.5. The van der Waals surface area contributed by atoms with E-state index < -0.39 is 35.4 Å². The second kappa shape index (κ2) is 20.1. The summed E-state index contributed by atoms with van der Waals surface area (Å²) in [6.45, 7) is 11.4. The predicted octanol–water partition coefficient (Wildman–Crippen LogP) is 6.05. The molecule has 3 amide bonds. The van der Waals surface area contributed by atoms with Crippen molar-refractivity contribution in [2.75, 3.05) is 25.5 Å². The number of amides is 3. The Morgan fingerprint density at radius 3 is 2.40 bits per heavy atom. The molecule has 1 unspecified atom stereocenters. The fraction of sp³-hybridized carbons (Fsp3) is 0.375. The summed E-state index contributed by atoms with van der Waals surface area (Å²) >= 11 is 1.57. The fourth-order valence-corrected chi connectivity index (χ4v) is 8.68. The number of aromatic nitrogens is 6. The van der Waals surface area contributed by atoms with Crippen molar-refractivity contribution in [2.45, 2.75) is 91.1 Å². The number of aliphatic hydroxyl groups is 1. The molecule has 16 nitrogen and oxygen atoms in total. The first-order valence-electron chi connectivity index (χ1n) is 21.6. The second-order valence-electron chi connectivity index (χ2n) is 17.6. The van der Waals surface area contributed by atoms with Gasteiger partial charge in [-0.2, -0.15) is 5.10 Å². The Hall–Kier alpha value is -6.56. The molecule has 7 rings (SSSR count). The van der Waals surface area contributed by atoms with E-state index in [0.29, 0.717) is 36.3 Å². The maximum Gasteiger partial charge on any atom is 0.246 e. The van der Waals surface area contributed by atoms with Crippen LogP contribution < -0.4 is 16.4 Å². The molecule has 5 heterocycles. The number of likely N-dealkylation sites (tertiary alicyclic amines) is 1. The van der Waals surface area contributed by atoms with Gasteiger partial charge in [0.1, 0.15) is 24.4 Å². The minimum atomic E-state index is -0.966. The summed E-state index contributed by atoms with van der Waals surface area (Å²) in [6, 6.07) is 18.2. The molecule has 1 saturated heterocycles. The molecular formula is C48H56N10O6S. The van der Waals surface area contributed by atoms with Gasteiger partial charge in [0.2, 0.25) is 17.7 Å². The maximum atomic E-state index is 14.1. The number of carbonyl (C=O) groups excluding carboxylic acids is 3. The normalized spacial score (nSPS) is 16.5. The summed E-state index contributed by atoms with van der Waals surface area (Å²) in [4.78, 5) is 52.4. The van der Waals surface area contributed by atoms with E-state index in [0.717, 1.165) is 38.5 Å². The van der Waals surface area contributed by atoms with E-state index in [4.69, 9.17) is 10.5 Å². The van der Waals surface area contributed by atoms with Crippen LogP contribution in [0.15, 0.2) is 90.8 Å². The Labute approximate surface area is 382 Å². The van der Waals surface area contributed by atoms with Crippen LogP contribution in [0, 0.1) is 12.3 Å². The van der Waals surface area contributed by atoms with Crippen molar-refractivity contribution in [1.29, 1.82) is 0 Å². The van der Waals surface area contributed by atoms with E-state index in [1.54, 1.807) is 41.8 Å². The van der Waals surface area contributed by atoms with E-state index in [1.165, 1.54) is 4.90 Å². The van der Waals surface area contributed by atoms with Crippen molar-refractivity contribution in [2.24, 2.45) is 5.41 Å². The molecule has 0 radical (unpaired) electrons. The lowest BCUT2D eigenvalue weighted by Gasteiger charge is -2.35.